The topological polar surface area (TPSA) is 81.8 Å². The molecule has 0 spiro atoms. The molecule has 0 radical (unpaired) electrons. The highest BCUT2D eigenvalue weighted by Gasteiger charge is 2.41. The average molecular weight is 397 g/mol. The molecule has 4 heterocycles. The number of likely N-dealkylation sites (tertiary alicyclic amines) is 1. The first-order valence-corrected chi connectivity index (χ1v) is 11.4. The first-order chi connectivity index (χ1) is 13.8. The van der Waals surface area contributed by atoms with Crippen molar-refractivity contribution >= 4 is 0 Å². The Morgan fingerprint density at radius 3 is 3.00 bits per heavy atom. The number of nitrogens with one attached hydrogen (secondary N) is 5. The molecule has 0 bridgehead atoms. The molecule has 5 unspecified atom stereocenters. The molecular weight excluding hydrogens is 356 g/mol. The Labute approximate surface area is 169 Å². The zero-order chi connectivity index (χ0) is 19.2. The minimum atomic E-state index is 0.110. The molecule has 8 heteroatoms. The Kier molecular flexibility index (Phi) is 7.95. The lowest BCUT2D eigenvalue weighted by molar-refractivity contribution is -0.0269. The van der Waals surface area contributed by atoms with E-state index >= 15 is 0 Å². The van der Waals surface area contributed by atoms with Gasteiger partial charge < -0.3 is 15.4 Å². The fraction of sp³-hybridized carbons (Fsp3) is 1.00. The Balaban J connectivity index is 1.24. The number of methoxy groups -OCH3 is 1. The molecule has 28 heavy (non-hydrogen) atoms. The van der Waals surface area contributed by atoms with Gasteiger partial charge in [-0.3, -0.25) is 20.4 Å². The van der Waals surface area contributed by atoms with Crippen LogP contribution in [0.4, 0.5) is 0 Å². The number of ether oxygens (including phenoxy) is 1. The van der Waals surface area contributed by atoms with Gasteiger partial charge in [0.05, 0.1) is 25.0 Å². The van der Waals surface area contributed by atoms with Gasteiger partial charge in [-0.2, -0.15) is 5.48 Å². The third kappa shape index (κ3) is 5.43. The summed E-state index contributed by atoms with van der Waals surface area (Å²) in [5, 5.41) is 14.5. The van der Waals surface area contributed by atoms with E-state index in [1.54, 1.807) is 7.11 Å². The van der Waals surface area contributed by atoms with E-state index in [9.17, 15) is 0 Å². The Morgan fingerprint density at radius 2 is 2.14 bits per heavy atom. The number of rotatable bonds is 8. The molecule has 0 aromatic rings. The third-order valence-corrected chi connectivity index (χ3v) is 6.93. The van der Waals surface area contributed by atoms with Crippen molar-refractivity contribution in [3.8, 4) is 0 Å². The van der Waals surface area contributed by atoms with Crippen molar-refractivity contribution in [2.75, 3.05) is 53.0 Å². The Morgan fingerprint density at radius 1 is 1.18 bits per heavy atom. The highest BCUT2D eigenvalue weighted by Crippen LogP contribution is 2.27. The summed E-state index contributed by atoms with van der Waals surface area (Å²) in [4.78, 5) is 8.75. The van der Waals surface area contributed by atoms with Crippen molar-refractivity contribution in [3.63, 3.8) is 0 Å². The van der Waals surface area contributed by atoms with Crippen LogP contribution in [0.1, 0.15) is 38.5 Å². The lowest BCUT2D eigenvalue weighted by Crippen LogP contribution is -2.54. The van der Waals surface area contributed by atoms with Gasteiger partial charge in [0.2, 0.25) is 0 Å². The van der Waals surface area contributed by atoms with Gasteiger partial charge in [0.15, 0.2) is 0 Å². The second-order valence-electron chi connectivity index (χ2n) is 8.96. The fourth-order valence-electron chi connectivity index (χ4n) is 5.39. The Bertz CT molecular complexity index is 464. The predicted molar refractivity (Wildman–Crippen MR) is 110 cm³/mol. The average Bonchev–Trinajstić information content (AvgIpc) is 3.39. The SMILES string of the molecule is COCCNC1CC(C2NOC([C@H]3CCCN3CC3CCCNC3)N2)CCN1. The van der Waals surface area contributed by atoms with Gasteiger partial charge in [-0.25, -0.2) is 0 Å². The molecule has 4 rings (SSSR count). The fourth-order valence-corrected chi connectivity index (χ4v) is 5.39. The molecule has 0 saturated carbocycles. The summed E-state index contributed by atoms with van der Waals surface area (Å²) >= 11 is 0. The summed E-state index contributed by atoms with van der Waals surface area (Å²) in [5.74, 6) is 1.37. The smallest absolute Gasteiger partial charge is 0.146 e. The largest absolute Gasteiger partial charge is 0.383 e. The zero-order valence-electron chi connectivity index (χ0n) is 17.4. The second-order valence-corrected chi connectivity index (χ2v) is 8.96. The molecule has 4 fully saturated rings. The van der Waals surface area contributed by atoms with Crippen LogP contribution in [0.2, 0.25) is 0 Å². The van der Waals surface area contributed by atoms with Gasteiger partial charge in [0.1, 0.15) is 6.23 Å². The molecule has 0 aromatic carbocycles. The van der Waals surface area contributed by atoms with Gasteiger partial charge in [-0.05, 0) is 76.5 Å². The molecule has 4 saturated heterocycles. The maximum atomic E-state index is 6.08. The summed E-state index contributed by atoms with van der Waals surface area (Å²) in [7, 11) is 1.75. The van der Waals surface area contributed by atoms with Gasteiger partial charge >= 0.3 is 0 Å². The van der Waals surface area contributed by atoms with Crippen molar-refractivity contribution in [1.29, 1.82) is 0 Å². The van der Waals surface area contributed by atoms with Crippen molar-refractivity contribution in [3.05, 3.63) is 0 Å². The number of hydrogen-bond acceptors (Lipinski definition) is 8. The van der Waals surface area contributed by atoms with Gasteiger partial charge in [0, 0.05) is 20.2 Å². The van der Waals surface area contributed by atoms with Crippen molar-refractivity contribution < 1.29 is 9.57 Å². The van der Waals surface area contributed by atoms with Crippen molar-refractivity contribution in [1.82, 2.24) is 31.6 Å². The van der Waals surface area contributed by atoms with Crippen LogP contribution in [0, 0.1) is 11.8 Å². The van der Waals surface area contributed by atoms with Gasteiger partial charge in [-0.1, -0.05) is 0 Å². The van der Waals surface area contributed by atoms with Crippen molar-refractivity contribution in [2.24, 2.45) is 11.8 Å². The third-order valence-electron chi connectivity index (χ3n) is 6.93. The Hall–Kier alpha value is -0.320. The summed E-state index contributed by atoms with van der Waals surface area (Å²) < 4.78 is 5.15. The highest BCUT2D eigenvalue weighted by atomic mass is 16.7. The van der Waals surface area contributed by atoms with Crippen LogP contribution in [-0.4, -0.2) is 82.5 Å². The molecule has 5 N–H and O–H groups in total. The second kappa shape index (κ2) is 10.6. The maximum absolute atomic E-state index is 6.08. The van der Waals surface area contributed by atoms with Crippen LogP contribution < -0.4 is 26.7 Å². The molecule has 6 atom stereocenters. The zero-order valence-corrected chi connectivity index (χ0v) is 17.4. The van der Waals surface area contributed by atoms with E-state index in [0.717, 1.165) is 32.0 Å². The van der Waals surface area contributed by atoms with E-state index < -0.39 is 0 Å². The van der Waals surface area contributed by atoms with E-state index in [2.05, 4.69) is 31.6 Å². The number of nitrogens with zero attached hydrogens (tertiary/aromatic N) is 1. The quantitative estimate of drug-likeness (QED) is 0.361. The lowest BCUT2D eigenvalue weighted by atomic mass is 9.92. The number of hydroxylamine groups is 1. The van der Waals surface area contributed by atoms with E-state index in [-0.39, 0.29) is 12.4 Å². The van der Waals surface area contributed by atoms with Crippen molar-refractivity contribution in [2.45, 2.75) is 63.1 Å². The molecule has 4 aliphatic heterocycles. The first kappa shape index (κ1) is 20.9. The summed E-state index contributed by atoms with van der Waals surface area (Å²) in [6.07, 6.45) is 8.20. The van der Waals surface area contributed by atoms with Gasteiger partial charge in [-0.15, -0.1) is 0 Å². The van der Waals surface area contributed by atoms with E-state index in [4.69, 9.17) is 9.57 Å². The monoisotopic (exact) mass is 396 g/mol. The van der Waals surface area contributed by atoms with Crippen LogP contribution in [0.3, 0.4) is 0 Å². The maximum Gasteiger partial charge on any atom is 0.146 e. The lowest BCUT2D eigenvalue weighted by Gasteiger charge is -2.35. The summed E-state index contributed by atoms with van der Waals surface area (Å²) in [5.41, 5.74) is 3.33. The number of hydrogen-bond donors (Lipinski definition) is 5. The van der Waals surface area contributed by atoms with Crippen LogP contribution in [0.5, 0.6) is 0 Å². The predicted octanol–water partition coefficient (Wildman–Crippen LogP) is -0.211. The highest BCUT2D eigenvalue weighted by molar-refractivity contribution is 4.92. The summed E-state index contributed by atoms with van der Waals surface area (Å²) in [6, 6.07) is 0.497. The van der Waals surface area contributed by atoms with Crippen LogP contribution in [0.25, 0.3) is 0 Å². The minimum Gasteiger partial charge on any atom is -0.383 e. The first-order valence-electron chi connectivity index (χ1n) is 11.4. The molecule has 162 valence electrons. The molecule has 0 aliphatic carbocycles. The van der Waals surface area contributed by atoms with Crippen LogP contribution in [-0.2, 0) is 9.57 Å². The van der Waals surface area contributed by atoms with Gasteiger partial charge in [0.25, 0.3) is 0 Å². The molecule has 0 aromatic heterocycles. The number of piperidine rings is 2. The minimum absolute atomic E-state index is 0.110. The van der Waals surface area contributed by atoms with E-state index in [0.29, 0.717) is 18.1 Å². The van der Waals surface area contributed by atoms with E-state index in [1.807, 2.05) is 0 Å². The standard InChI is InChI=1S/C20H40N6O2/c1-27-11-9-23-18-12-16(6-8-22-18)19-24-20(28-25-19)17-5-3-10-26(17)14-15-4-2-7-21-13-15/h15-25H,2-14H2,1H3/t15?,16?,17-,18?,19?,20?/m1/s1. The normalized spacial score (nSPS) is 40.2. The van der Waals surface area contributed by atoms with Crippen LogP contribution in [0.15, 0.2) is 0 Å². The summed E-state index contributed by atoms with van der Waals surface area (Å²) in [6.45, 7) is 7.48. The van der Waals surface area contributed by atoms with E-state index in [1.165, 1.54) is 58.3 Å². The molecule has 4 aliphatic rings. The molecular formula is C20H40N6O2. The van der Waals surface area contributed by atoms with Crippen LogP contribution >= 0.6 is 0 Å². The molecule has 0 amide bonds. The molecule has 8 nitrogen and oxygen atoms in total.